The van der Waals surface area contributed by atoms with E-state index in [1.807, 2.05) is 0 Å². The minimum atomic E-state index is -0.852. The smallest absolute Gasteiger partial charge is 0.347 e. The van der Waals surface area contributed by atoms with Crippen LogP contribution in [0.2, 0.25) is 0 Å². The van der Waals surface area contributed by atoms with Crippen LogP contribution < -0.4 is 27.6 Å². The van der Waals surface area contributed by atoms with Gasteiger partial charge in [0.15, 0.2) is 5.75 Å². The highest BCUT2D eigenvalue weighted by Crippen LogP contribution is 2.51. The second-order valence-corrected chi connectivity index (χ2v) is 8.00. The minimum Gasteiger partial charge on any atom is -0.494 e. The summed E-state index contributed by atoms with van der Waals surface area (Å²) < 4.78 is 20.6. The molecule has 1 aromatic carbocycles. The summed E-state index contributed by atoms with van der Waals surface area (Å²) in [6.45, 7) is 2.42. The van der Waals surface area contributed by atoms with Crippen LogP contribution in [-0.4, -0.2) is 47.3 Å². The molecule has 1 aliphatic carbocycles. The van der Waals surface area contributed by atoms with E-state index in [0.717, 1.165) is 32.0 Å². The first-order valence-electron chi connectivity index (χ1n) is 9.49. The van der Waals surface area contributed by atoms with Crippen molar-refractivity contribution in [3.63, 3.8) is 0 Å². The number of hydrogen-bond acceptors (Lipinski definition) is 7. The second kappa shape index (κ2) is 7.91. The number of nitrogen functional groups attached to an aromatic ring is 1. The van der Waals surface area contributed by atoms with Crippen molar-refractivity contribution < 1.29 is 9.13 Å². The highest BCUT2D eigenvalue weighted by atomic mass is 35.5. The third kappa shape index (κ3) is 3.43. The van der Waals surface area contributed by atoms with E-state index >= 15 is 0 Å². The zero-order chi connectivity index (χ0) is 20.9. The minimum absolute atomic E-state index is 0. The molecule has 2 fully saturated rings. The predicted octanol–water partition coefficient (Wildman–Crippen LogP) is 0.393. The Morgan fingerprint density at radius 1 is 1.50 bits per heavy atom. The number of H-pyrrole nitrogens is 1. The molecular formula is C19H24ClFN6O3. The van der Waals surface area contributed by atoms with Crippen LogP contribution in [0.3, 0.4) is 0 Å². The summed E-state index contributed by atoms with van der Waals surface area (Å²) in [5.41, 5.74) is 4.62. The Bertz CT molecular complexity index is 1140. The van der Waals surface area contributed by atoms with Gasteiger partial charge in [-0.3, -0.25) is 4.79 Å². The van der Waals surface area contributed by atoms with Gasteiger partial charge in [-0.05, 0) is 38.4 Å². The molecule has 1 saturated heterocycles. The molecule has 1 saturated carbocycles. The first-order chi connectivity index (χ1) is 13.8. The number of benzene rings is 1. The molecule has 11 heteroatoms. The third-order valence-electron chi connectivity index (χ3n) is 6.33. The molecular weight excluding hydrogens is 415 g/mol. The maximum atomic E-state index is 15.0. The van der Waals surface area contributed by atoms with Crippen LogP contribution in [0.25, 0.3) is 10.9 Å². The van der Waals surface area contributed by atoms with Crippen LogP contribution in [0.4, 0.5) is 4.39 Å². The average molecular weight is 439 g/mol. The lowest BCUT2D eigenvalue weighted by molar-refractivity contribution is 0.307. The monoisotopic (exact) mass is 438 g/mol. The van der Waals surface area contributed by atoms with Crippen LogP contribution in [0, 0.1) is 22.6 Å². The van der Waals surface area contributed by atoms with E-state index in [2.05, 4.69) is 16.0 Å². The van der Waals surface area contributed by atoms with Gasteiger partial charge in [0.25, 0.3) is 5.56 Å². The lowest BCUT2D eigenvalue weighted by atomic mass is 9.94. The Kier molecular flexibility index (Phi) is 5.82. The molecule has 5 N–H and O–H groups in total. The van der Waals surface area contributed by atoms with Crippen molar-refractivity contribution in [1.29, 1.82) is 5.26 Å². The molecule has 0 amide bonds. The van der Waals surface area contributed by atoms with Gasteiger partial charge in [-0.25, -0.2) is 9.18 Å². The summed E-state index contributed by atoms with van der Waals surface area (Å²) in [6, 6.07) is 3.38. The highest BCUT2D eigenvalue weighted by molar-refractivity contribution is 5.86. The van der Waals surface area contributed by atoms with Crippen LogP contribution in [0.5, 0.6) is 5.75 Å². The van der Waals surface area contributed by atoms with Gasteiger partial charge >= 0.3 is 5.69 Å². The number of aromatic amines is 1. The lowest BCUT2D eigenvalue weighted by Crippen LogP contribution is -2.40. The van der Waals surface area contributed by atoms with E-state index in [9.17, 15) is 19.2 Å². The molecule has 3 unspecified atom stereocenters. The number of likely N-dealkylation sites (tertiary alicyclic amines) is 1. The topological polar surface area (TPSA) is 143 Å². The number of fused-ring (bicyclic) bond motifs is 1. The van der Waals surface area contributed by atoms with Crippen LogP contribution >= 0.6 is 12.4 Å². The molecule has 2 aromatic rings. The molecule has 30 heavy (non-hydrogen) atoms. The summed E-state index contributed by atoms with van der Waals surface area (Å²) in [7, 11) is 1.30. The Labute approximate surface area is 177 Å². The number of nitrogens with zero attached hydrogens (tertiary/aromatic N) is 3. The first-order valence-corrected chi connectivity index (χ1v) is 9.49. The summed E-state index contributed by atoms with van der Waals surface area (Å²) in [6.07, 6.45) is 2.47. The predicted molar refractivity (Wildman–Crippen MR) is 112 cm³/mol. The number of ether oxygens (including phenoxy) is 1. The van der Waals surface area contributed by atoms with Gasteiger partial charge in [0.2, 0.25) is 0 Å². The fourth-order valence-electron chi connectivity index (χ4n) is 4.47. The molecule has 0 radical (unpaired) electrons. The molecule has 4 rings (SSSR count). The molecule has 0 bridgehead atoms. The SMILES string of the molecule is COc1c(C(C#N)CCN2CCC3(CC3N)C2)c(F)cc2c(=O)n(N)c(=O)[nH]c12.Cl. The van der Waals surface area contributed by atoms with E-state index in [0.29, 0.717) is 17.6 Å². The van der Waals surface area contributed by atoms with Crippen molar-refractivity contribution in [3.05, 3.63) is 38.3 Å². The van der Waals surface area contributed by atoms with E-state index in [1.165, 1.54) is 7.11 Å². The maximum absolute atomic E-state index is 15.0. The van der Waals surface area contributed by atoms with Gasteiger partial charge in [-0.1, -0.05) is 0 Å². The largest absolute Gasteiger partial charge is 0.494 e. The van der Waals surface area contributed by atoms with Gasteiger partial charge in [0, 0.05) is 23.6 Å². The molecule has 1 aliphatic heterocycles. The molecule has 162 valence electrons. The van der Waals surface area contributed by atoms with E-state index in [4.69, 9.17) is 16.3 Å². The maximum Gasteiger partial charge on any atom is 0.347 e. The first kappa shape index (κ1) is 22.1. The Morgan fingerprint density at radius 2 is 2.20 bits per heavy atom. The third-order valence-corrected chi connectivity index (χ3v) is 6.33. The zero-order valence-corrected chi connectivity index (χ0v) is 17.3. The second-order valence-electron chi connectivity index (χ2n) is 8.00. The summed E-state index contributed by atoms with van der Waals surface area (Å²) in [4.78, 5) is 28.8. The van der Waals surface area contributed by atoms with E-state index < -0.39 is 23.0 Å². The number of nitriles is 1. The molecule has 1 spiro atoms. The van der Waals surface area contributed by atoms with Gasteiger partial charge in [-0.15, -0.1) is 12.4 Å². The zero-order valence-electron chi connectivity index (χ0n) is 16.5. The van der Waals surface area contributed by atoms with Crippen molar-refractivity contribution in [3.8, 4) is 11.8 Å². The van der Waals surface area contributed by atoms with Gasteiger partial charge in [-0.2, -0.15) is 9.94 Å². The Hall–Kier alpha value is -2.61. The van der Waals surface area contributed by atoms with Crippen molar-refractivity contribution >= 4 is 23.3 Å². The number of hydrogen-bond donors (Lipinski definition) is 3. The standard InChI is InChI=1S/C19H23FN6O3.ClH/c1-29-16-14(12(20)6-11-15(16)24-18(28)26(23)17(11)27)10(8-21)2-4-25-5-3-19(9-25)7-13(19)22;/h6,10,13H,2-5,7,9,22-23H2,1H3,(H,24,28);1H. The van der Waals surface area contributed by atoms with Crippen molar-refractivity contribution in [2.45, 2.75) is 31.2 Å². The fourth-order valence-corrected chi connectivity index (χ4v) is 4.47. The fraction of sp³-hybridized carbons (Fsp3) is 0.526. The average Bonchev–Trinajstić information content (AvgIpc) is 3.13. The van der Waals surface area contributed by atoms with E-state index in [-0.39, 0.29) is 46.1 Å². The number of methoxy groups -OCH3 is 1. The number of rotatable bonds is 5. The van der Waals surface area contributed by atoms with Gasteiger partial charge in [0.1, 0.15) is 5.82 Å². The van der Waals surface area contributed by atoms with Crippen molar-refractivity contribution in [2.24, 2.45) is 11.1 Å². The number of nitrogens with two attached hydrogens (primary N) is 2. The molecule has 2 aliphatic rings. The van der Waals surface area contributed by atoms with E-state index in [1.54, 1.807) is 0 Å². The summed E-state index contributed by atoms with van der Waals surface area (Å²) in [5.74, 6) is 3.83. The molecule has 9 nitrogen and oxygen atoms in total. The highest BCUT2D eigenvalue weighted by Gasteiger charge is 2.55. The number of nitrogens with one attached hydrogen (secondary N) is 1. The normalized spacial score (nSPS) is 23.9. The van der Waals surface area contributed by atoms with Gasteiger partial charge in [0.05, 0.1) is 30.0 Å². The van der Waals surface area contributed by atoms with Crippen molar-refractivity contribution in [2.75, 3.05) is 32.6 Å². The molecule has 2 heterocycles. The quantitative estimate of drug-likeness (QED) is 0.573. The molecule has 3 atom stereocenters. The summed E-state index contributed by atoms with van der Waals surface area (Å²) in [5, 5.41) is 9.59. The Balaban J connectivity index is 0.00000256. The van der Waals surface area contributed by atoms with Crippen molar-refractivity contribution in [1.82, 2.24) is 14.6 Å². The van der Waals surface area contributed by atoms with Crippen LogP contribution in [-0.2, 0) is 0 Å². The number of aromatic nitrogens is 2. The van der Waals surface area contributed by atoms with Gasteiger partial charge < -0.3 is 26.2 Å². The Morgan fingerprint density at radius 3 is 2.77 bits per heavy atom. The van der Waals surface area contributed by atoms with Crippen LogP contribution in [0.15, 0.2) is 15.7 Å². The summed E-state index contributed by atoms with van der Waals surface area (Å²) >= 11 is 0. The molecule has 1 aromatic heterocycles. The van der Waals surface area contributed by atoms with Crippen LogP contribution in [0.1, 0.15) is 30.7 Å². The lowest BCUT2D eigenvalue weighted by Gasteiger charge is -2.20. The number of halogens is 2.